The molecule has 118 valence electrons. The first-order valence-corrected chi connectivity index (χ1v) is 7.41. The minimum Gasteiger partial charge on any atom is -0.496 e. The first-order valence-electron chi connectivity index (χ1n) is 6.61. The van der Waals surface area contributed by atoms with Gasteiger partial charge < -0.3 is 10.1 Å². The fraction of sp³-hybridized carbons (Fsp3) is 0.200. The summed E-state index contributed by atoms with van der Waals surface area (Å²) < 4.78 is 6.00. The maximum atomic E-state index is 10.8. The molecule has 0 amide bonds. The van der Waals surface area contributed by atoms with Crippen LogP contribution in [0.15, 0.2) is 34.8 Å². The predicted molar refractivity (Wildman–Crippen MR) is 88.3 cm³/mol. The maximum Gasteiger partial charge on any atom is 0.305 e. The van der Waals surface area contributed by atoms with Gasteiger partial charge in [0.15, 0.2) is 0 Å². The van der Waals surface area contributed by atoms with Crippen molar-refractivity contribution in [1.82, 2.24) is 4.98 Å². The number of anilines is 1. The van der Waals surface area contributed by atoms with Crippen molar-refractivity contribution in [2.75, 3.05) is 12.4 Å². The van der Waals surface area contributed by atoms with Gasteiger partial charge in [-0.05, 0) is 46.6 Å². The summed E-state index contributed by atoms with van der Waals surface area (Å²) in [6.07, 6.45) is 0. The first kappa shape index (κ1) is 16.7. The molecule has 1 unspecified atom stereocenters. The summed E-state index contributed by atoms with van der Waals surface area (Å²) in [5.74, 6) is 1.12. The number of nitriles is 1. The lowest BCUT2D eigenvalue weighted by Crippen LogP contribution is -2.09. The zero-order valence-corrected chi connectivity index (χ0v) is 14.0. The zero-order valence-electron chi connectivity index (χ0n) is 12.4. The summed E-state index contributed by atoms with van der Waals surface area (Å²) in [6, 6.07) is 10.0. The lowest BCUT2D eigenvalue weighted by Gasteiger charge is -2.16. The zero-order chi connectivity index (χ0) is 17.0. The van der Waals surface area contributed by atoms with Gasteiger partial charge in [-0.1, -0.05) is 6.07 Å². The molecular formula is C15H13BrN4O3. The Morgan fingerprint density at radius 2 is 2.17 bits per heavy atom. The number of benzene rings is 1. The van der Waals surface area contributed by atoms with Crippen LogP contribution in [0.5, 0.6) is 5.75 Å². The summed E-state index contributed by atoms with van der Waals surface area (Å²) in [5, 5.41) is 22.9. The molecule has 0 fully saturated rings. The van der Waals surface area contributed by atoms with E-state index >= 15 is 0 Å². The van der Waals surface area contributed by atoms with Gasteiger partial charge in [0, 0.05) is 12.1 Å². The smallest absolute Gasteiger partial charge is 0.305 e. The second-order valence-corrected chi connectivity index (χ2v) is 5.55. The normalized spacial score (nSPS) is 11.4. The highest BCUT2D eigenvalue weighted by atomic mass is 79.9. The van der Waals surface area contributed by atoms with E-state index in [2.05, 4.69) is 26.2 Å². The second-order valence-electron chi connectivity index (χ2n) is 4.69. The fourth-order valence-corrected chi connectivity index (χ4v) is 2.58. The molecule has 0 aliphatic heterocycles. The average molecular weight is 377 g/mol. The number of aromatic nitrogens is 1. The lowest BCUT2D eigenvalue weighted by atomic mass is 10.1. The van der Waals surface area contributed by atoms with Crippen molar-refractivity contribution < 1.29 is 9.66 Å². The molecule has 0 aliphatic rings. The van der Waals surface area contributed by atoms with E-state index in [-0.39, 0.29) is 17.4 Å². The van der Waals surface area contributed by atoms with Crippen LogP contribution in [0, 0.1) is 21.4 Å². The number of pyridine rings is 1. The predicted octanol–water partition coefficient (Wildman–Crippen LogP) is 3.81. The van der Waals surface area contributed by atoms with E-state index in [0.29, 0.717) is 5.82 Å². The van der Waals surface area contributed by atoms with Crippen molar-refractivity contribution in [2.24, 2.45) is 0 Å². The van der Waals surface area contributed by atoms with E-state index in [1.165, 1.54) is 12.1 Å². The van der Waals surface area contributed by atoms with Crippen molar-refractivity contribution in [3.63, 3.8) is 0 Å². The topological polar surface area (TPSA) is 101 Å². The van der Waals surface area contributed by atoms with E-state index in [1.807, 2.05) is 25.1 Å². The van der Waals surface area contributed by atoms with Gasteiger partial charge in [0.25, 0.3) is 0 Å². The van der Waals surface area contributed by atoms with Crippen LogP contribution >= 0.6 is 15.9 Å². The van der Waals surface area contributed by atoms with Crippen LogP contribution in [-0.4, -0.2) is 17.0 Å². The van der Waals surface area contributed by atoms with E-state index in [4.69, 9.17) is 10.00 Å². The molecule has 0 spiro atoms. The largest absolute Gasteiger partial charge is 0.496 e. The van der Waals surface area contributed by atoms with Crippen LogP contribution in [0.1, 0.15) is 24.2 Å². The average Bonchev–Trinajstić information content (AvgIpc) is 2.54. The molecule has 7 nitrogen and oxygen atoms in total. The highest BCUT2D eigenvalue weighted by Gasteiger charge is 2.16. The van der Waals surface area contributed by atoms with Crippen molar-refractivity contribution in [2.45, 2.75) is 13.0 Å². The molecule has 1 aromatic carbocycles. The molecule has 2 aromatic rings. The van der Waals surface area contributed by atoms with Gasteiger partial charge in [0.2, 0.25) is 5.69 Å². The molecule has 8 heteroatoms. The Labute approximate surface area is 141 Å². The van der Waals surface area contributed by atoms with Gasteiger partial charge in [0.05, 0.1) is 16.5 Å². The van der Waals surface area contributed by atoms with Gasteiger partial charge >= 0.3 is 5.69 Å². The number of hydrogen-bond acceptors (Lipinski definition) is 6. The number of ether oxygens (including phenoxy) is 1. The van der Waals surface area contributed by atoms with Crippen LogP contribution in [0.4, 0.5) is 11.5 Å². The molecule has 1 heterocycles. The molecule has 23 heavy (non-hydrogen) atoms. The van der Waals surface area contributed by atoms with Crippen LogP contribution in [0.25, 0.3) is 0 Å². The van der Waals surface area contributed by atoms with E-state index in [9.17, 15) is 10.1 Å². The van der Waals surface area contributed by atoms with Crippen LogP contribution in [0.2, 0.25) is 0 Å². The van der Waals surface area contributed by atoms with E-state index in [1.54, 1.807) is 13.2 Å². The quantitative estimate of drug-likeness (QED) is 0.628. The Balaban J connectivity index is 2.23. The number of rotatable bonds is 5. The fourth-order valence-electron chi connectivity index (χ4n) is 2.02. The Kier molecular flexibility index (Phi) is 5.13. The molecule has 0 bridgehead atoms. The van der Waals surface area contributed by atoms with Gasteiger partial charge in [0.1, 0.15) is 17.6 Å². The Hall–Kier alpha value is -2.66. The first-order chi connectivity index (χ1) is 11.0. The third kappa shape index (κ3) is 3.76. The van der Waals surface area contributed by atoms with E-state index < -0.39 is 4.92 Å². The maximum absolute atomic E-state index is 10.8. The van der Waals surface area contributed by atoms with Crippen molar-refractivity contribution in [1.29, 1.82) is 5.26 Å². The van der Waals surface area contributed by atoms with Crippen LogP contribution < -0.4 is 10.1 Å². The van der Waals surface area contributed by atoms with Gasteiger partial charge in [-0.2, -0.15) is 5.26 Å². The third-order valence-electron chi connectivity index (χ3n) is 3.22. The number of hydrogen-bond donors (Lipinski definition) is 1. The number of halogens is 1. The molecular weight excluding hydrogens is 364 g/mol. The summed E-state index contributed by atoms with van der Waals surface area (Å²) >= 11 is 3.42. The molecule has 0 saturated heterocycles. The SMILES string of the molecule is COc1ccc(C(C)Nc2ccc([N+](=O)[O-])c(C#N)n2)cc1Br. The summed E-state index contributed by atoms with van der Waals surface area (Å²) in [5.41, 5.74) is 0.442. The minimum atomic E-state index is -0.626. The third-order valence-corrected chi connectivity index (χ3v) is 3.84. The number of nitro groups is 1. The lowest BCUT2D eigenvalue weighted by molar-refractivity contribution is -0.385. The molecule has 0 aliphatic carbocycles. The summed E-state index contributed by atoms with van der Waals surface area (Å²) in [7, 11) is 1.59. The number of nitrogens with zero attached hydrogens (tertiary/aromatic N) is 3. The molecule has 1 atom stereocenters. The van der Waals surface area contributed by atoms with Crippen LogP contribution in [0.3, 0.4) is 0 Å². The Morgan fingerprint density at radius 3 is 2.74 bits per heavy atom. The number of nitrogens with one attached hydrogen (secondary N) is 1. The highest BCUT2D eigenvalue weighted by molar-refractivity contribution is 9.10. The van der Waals surface area contributed by atoms with Gasteiger partial charge in [-0.25, -0.2) is 4.98 Å². The minimum absolute atomic E-state index is 0.113. The van der Waals surface area contributed by atoms with Crippen LogP contribution in [-0.2, 0) is 0 Å². The van der Waals surface area contributed by atoms with Crippen molar-refractivity contribution >= 4 is 27.4 Å². The second kappa shape index (κ2) is 7.07. The summed E-state index contributed by atoms with van der Waals surface area (Å²) in [4.78, 5) is 14.2. The number of methoxy groups -OCH3 is 1. The summed E-state index contributed by atoms with van der Waals surface area (Å²) in [6.45, 7) is 1.92. The van der Waals surface area contributed by atoms with Crippen molar-refractivity contribution in [3.05, 3.63) is 56.2 Å². The van der Waals surface area contributed by atoms with Crippen molar-refractivity contribution in [3.8, 4) is 11.8 Å². The molecule has 2 rings (SSSR count). The highest BCUT2D eigenvalue weighted by Crippen LogP contribution is 2.29. The monoisotopic (exact) mass is 376 g/mol. The molecule has 0 radical (unpaired) electrons. The molecule has 0 saturated carbocycles. The van der Waals surface area contributed by atoms with E-state index in [0.717, 1.165) is 15.8 Å². The standard InChI is InChI=1S/C15H13BrN4O3/c1-9(10-3-5-14(23-2)11(16)7-10)18-15-6-4-13(20(21)22)12(8-17)19-15/h3-7,9H,1-2H3,(H,18,19). The molecule has 1 N–H and O–H groups in total. The van der Waals surface area contributed by atoms with Gasteiger partial charge in [-0.3, -0.25) is 10.1 Å². The van der Waals surface area contributed by atoms with Gasteiger partial charge in [-0.15, -0.1) is 0 Å². The Bertz CT molecular complexity index is 789. The molecule has 1 aromatic heterocycles. The Morgan fingerprint density at radius 1 is 1.43 bits per heavy atom.